The molecule has 0 spiro atoms. The summed E-state index contributed by atoms with van der Waals surface area (Å²) in [6, 6.07) is 7.30. The van der Waals surface area contributed by atoms with Crippen LogP contribution in [-0.2, 0) is 16.3 Å². The lowest BCUT2D eigenvalue weighted by atomic mass is 10.1. The molecule has 0 fully saturated rings. The van der Waals surface area contributed by atoms with Crippen LogP contribution in [0.25, 0.3) is 0 Å². The summed E-state index contributed by atoms with van der Waals surface area (Å²) < 4.78 is 22.8. The van der Waals surface area contributed by atoms with Crippen LogP contribution in [0, 0.1) is 0 Å². The summed E-state index contributed by atoms with van der Waals surface area (Å²) in [4.78, 5) is 4.85. The molecule has 1 aromatic rings. The third kappa shape index (κ3) is 6.62. The molecule has 0 saturated carbocycles. The van der Waals surface area contributed by atoms with Gasteiger partial charge < -0.3 is 10.6 Å². The average molecular weight is 311 g/mol. The van der Waals surface area contributed by atoms with Gasteiger partial charge in [0.05, 0.1) is 4.90 Å². The topological polar surface area (TPSA) is 70.6 Å². The smallest absolute Gasteiger partial charge is 0.191 e. The summed E-state index contributed by atoms with van der Waals surface area (Å²) in [6.07, 6.45) is 1.99. The van der Waals surface area contributed by atoms with Crippen molar-refractivity contribution in [3.8, 4) is 0 Å². The van der Waals surface area contributed by atoms with E-state index in [0.717, 1.165) is 24.5 Å². The summed E-state index contributed by atoms with van der Waals surface area (Å²) in [5.41, 5.74) is 1.08. The Morgan fingerprint density at radius 1 is 1.24 bits per heavy atom. The van der Waals surface area contributed by atoms with Crippen LogP contribution in [0.1, 0.15) is 26.3 Å². The lowest BCUT2D eigenvalue weighted by molar-refractivity contribution is 0.602. The SMILES string of the molecule is CCNC(=NCCc1ccc(S(C)(=O)=O)cc1)NC(C)C. The van der Waals surface area contributed by atoms with Gasteiger partial charge in [0.15, 0.2) is 15.8 Å². The highest BCUT2D eigenvalue weighted by Gasteiger charge is 2.06. The van der Waals surface area contributed by atoms with Crippen LogP contribution in [0.4, 0.5) is 0 Å². The third-order valence-electron chi connectivity index (χ3n) is 2.79. The van der Waals surface area contributed by atoms with Gasteiger partial charge in [0.1, 0.15) is 0 Å². The third-order valence-corrected chi connectivity index (χ3v) is 3.92. The van der Waals surface area contributed by atoms with E-state index in [-0.39, 0.29) is 0 Å². The van der Waals surface area contributed by atoms with E-state index in [1.807, 2.05) is 19.1 Å². The van der Waals surface area contributed by atoms with Crippen molar-refractivity contribution in [2.45, 2.75) is 38.1 Å². The molecule has 2 N–H and O–H groups in total. The number of nitrogens with one attached hydrogen (secondary N) is 2. The molecule has 0 aliphatic carbocycles. The van der Waals surface area contributed by atoms with Gasteiger partial charge in [0.25, 0.3) is 0 Å². The number of nitrogens with zero attached hydrogens (tertiary/aromatic N) is 1. The average Bonchev–Trinajstić information content (AvgIpc) is 2.38. The molecule has 0 unspecified atom stereocenters. The van der Waals surface area contributed by atoms with Crippen LogP contribution in [-0.4, -0.2) is 39.8 Å². The lowest BCUT2D eigenvalue weighted by Gasteiger charge is -2.13. The van der Waals surface area contributed by atoms with Crippen LogP contribution in [0.3, 0.4) is 0 Å². The molecule has 0 aromatic heterocycles. The number of hydrogen-bond donors (Lipinski definition) is 2. The van der Waals surface area contributed by atoms with E-state index in [4.69, 9.17) is 0 Å². The van der Waals surface area contributed by atoms with Crippen molar-refractivity contribution in [1.29, 1.82) is 0 Å². The molecule has 21 heavy (non-hydrogen) atoms. The Bertz CT molecular complexity index is 563. The van der Waals surface area contributed by atoms with Crippen molar-refractivity contribution in [3.05, 3.63) is 29.8 Å². The fraction of sp³-hybridized carbons (Fsp3) is 0.533. The number of benzene rings is 1. The molecule has 0 aliphatic rings. The molecule has 0 atom stereocenters. The molecule has 6 heteroatoms. The van der Waals surface area contributed by atoms with Gasteiger partial charge in [0, 0.05) is 25.4 Å². The highest BCUT2D eigenvalue weighted by atomic mass is 32.2. The first kappa shape index (κ1) is 17.5. The molecule has 0 amide bonds. The second kappa shape index (κ2) is 8.02. The summed E-state index contributed by atoms with van der Waals surface area (Å²) in [5, 5.41) is 6.44. The molecule has 0 aliphatic heterocycles. The summed E-state index contributed by atoms with van der Waals surface area (Å²) in [5.74, 6) is 0.806. The molecular weight excluding hydrogens is 286 g/mol. The minimum atomic E-state index is -3.12. The molecular formula is C15H25N3O2S. The number of guanidine groups is 1. The minimum absolute atomic E-state index is 0.330. The zero-order chi connectivity index (χ0) is 15.9. The highest BCUT2D eigenvalue weighted by molar-refractivity contribution is 7.90. The maximum Gasteiger partial charge on any atom is 0.191 e. The number of rotatable bonds is 6. The Morgan fingerprint density at radius 3 is 2.33 bits per heavy atom. The molecule has 0 saturated heterocycles. The van der Waals surface area contributed by atoms with Crippen molar-refractivity contribution in [2.75, 3.05) is 19.3 Å². The Labute approximate surface area is 127 Å². The highest BCUT2D eigenvalue weighted by Crippen LogP contribution is 2.10. The van der Waals surface area contributed by atoms with E-state index in [0.29, 0.717) is 17.5 Å². The molecule has 1 aromatic carbocycles. The first-order valence-corrected chi connectivity index (χ1v) is 9.06. The van der Waals surface area contributed by atoms with Crippen molar-refractivity contribution in [2.24, 2.45) is 4.99 Å². The van der Waals surface area contributed by atoms with E-state index in [1.54, 1.807) is 12.1 Å². The zero-order valence-corrected chi connectivity index (χ0v) is 14.0. The van der Waals surface area contributed by atoms with E-state index >= 15 is 0 Å². The van der Waals surface area contributed by atoms with Crippen LogP contribution >= 0.6 is 0 Å². The number of aliphatic imine (C=N–C) groups is 1. The van der Waals surface area contributed by atoms with Crippen LogP contribution < -0.4 is 10.6 Å². The van der Waals surface area contributed by atoms with Crippen LogP contribution in [0.15, 0.2) is 34.2 Å². The van der Waals surface area contributed by atoms with E-state index in [2.05, 4.69) is 29.5 Å². The second-order valence-electron chi connectivity index (χ2n) is 5.23. The maximum absolute atomic E-state index is 11.4. The Morgan fingerprint density at radius 2 is 1.86 bits per heavy atom. The van der Waals surface area contributed by atoms with Crippen molar-refractivity contribution in [1.82, 2.24) is 10.6 Å². The minimum Gasteiger partial charge on any atom is -0.357 e. The normalized spacial score (nSPS) is 12.5. The van der Waals surface area contributed by atoms with Gasteiger partial charge >= 0.3 is 0 Å². The van der Waals surface area contributed by atoms with Gasteiger partial charge in [0.2, 0.25) is 0 Å². The van der Waals surface area contributed by atoms with Crippen molar-refractivity contribution in [3.63, 3.8) is 0 Å². The van der Waals surface area contributed by atoms with Crippen molar-refractivity contribution >= 4 is 15.8 Å². The lowest BCUT2D eigenvalue weighted by Crippen LogP contribution is -2.41. The Hall–Kier alpha value is -1.56. The largest absolute Gasteiger partial charge is 0.357 e. The van der Waals surface area contributed by atoms with Crippen molar-refractivity contribution < 1.29 is 8.42 Å². The quantitative estimate of drug-likeness (QED) is 0.618. The van der Waals surface area contributed by atoms with Gasteiger partial charge in [-0.05, 0) is 44.9 Å². The van der Waals surface area contributed by atoms with Gasteiger partial charge in [-0.2, -0.15) is 0 Å². The standard InChI is InChI=1S/C15H25N3O2S/c1-5-16-15(18-12(2)3)17-11-10-13-6-8-14(9-7-13)21(4,19)20/h6-9,12H,5,10-11H2,1-4H3,(H2,16,17,18). The molecule has 5 nitrogen and oxygen atoms in total. The molecule has 1 rings (SSSR count). The monoisotopic (exact) mass is 311 g/mol. The van der Waals surface area contributed by atoms with E-state index in [9.17, 15) is 8.42 Å². The number of sulfone groups is 1. The predicted molar refractivity (Wildman–Crippen MR) is 87.5 cm³/mol. The first-order valence-electron chi connectivity index (χ1n) is 7.16. The van der Waals surface area contributed by atoms with Crippen LogP contribution in [0.2, 0.25) is 0 Å². The fourth-order valence-electron chi connectivity index (χ4n) is 1.79. The Balaban J connectivity index is 2.61. The first-order chi connectivity index (χ1) is 9.82. The summed E-state index contributed by atoms with van der Waals surface area (Å²) in [6.45, 7) is 7.64. The predicted octanol–water partition coefficient (Wildman–Crippen LogP) is 1.60. The molecule has 0 radical (unpaired) electrons. The number of hydrogen-bond acceptors (Lipinski definition) is 3. The Kier molecular flexibility index (Phi) is 6.68. The fourth-order valence-corrected chi connectivity index (χ4v) is 2.42. The van der Waals surface area contributed by atoms with Gasteiger partial charge in [-0.25, -0.2) is 8.42 Å². The van der Waals surface area contributed by atoms with Gasteiger partial charge in [-0.1, -0.05) is 12.1 Å². The zero-order valence-electron chi connectivity index (χ0n) is 13.2. The van der Waals surface area contributed by atoms with Gasteiger partial charge in [-0.15, -0.1) is 0 Å². The summed E-state index contributed by atoms with van der Waals surface area (Å²) >= 11 is 0. The van der Waals surface area contributed by atoms with Gasteiger partial charge in [-0.3, -0.25) is 4.99 Å². The second-order valence-corrected chi connectivity index (χ2v) is 7.24. The van der Waals surface area contributed by atoms with Crippen LogP contribution in [0.5, 0.6) is 0 Å². The summed E-state index contributed by atoms with van der Waals surface area (Å²) in [7, 11) is -3.12. The maximum atomic E-state index is 11.4. The molecule has 118 valence electrons. The van der Waals surface area contributed by atoms with E-state index < -0.39 is 9.84 Å². The molecule has 0 bridgehead atoms. The van der Waals surface area contributed by atoms with E-state index in [1.165, 1.54) is 6.26 Å². The molecule has 0 heterocycles.